The van der Waals surface area contributed by atoms with Gasteiger partial charge in [-0.3, -0.25) is 0 Å². The van der Waals surface area contributed by atoms with Crippen LogP contribution in [0, 0.1) is 0 Å². The van der Waals surface area contributed by atoms with E-state index in [1.54, 1.807) is 24.3 Å². The lowest BCUT2D eigenvalue weighted by Crippen LogP contribution is -2.31. The minimum atomic E-state index is -3.63. The van der Waals surface area contributed by atoms with E-state index >= 15 is 0 Å². The van der Waals surface area contributed by atoms with Crippen molar-refractivity contribution in [1.82, 2.24) is 4.31 Å². The summed E-state index contributed by atoms with van der Waals surface area (Å²) in [5, 5.41) is 0.976. The van der Waals surface area contributed by atoms with E-state index in [1.165, 1.54) is 4.31 Å². The molecule has 0 saturated heterocycles. The number of nitrogens with zero attached hydrogens (tertiary/aromatic N) is 1. The zero-order valence-electron chi connectivity index (χ0n) is 17.1. The zero-order chi connectivity index (χ0) is 20.7. The summed E-state index contributed by atoms with van der Waals surface area (Å²) in [6, 6.07) is 16.3. The van der Waals surface area contributed by atoms with Crippen molar-refractivity contribution in [2.24, 2.45) is 0 Å². The molecule has 0 bridgehead atoms. The molecule has 1 heterocycles. The molecule has 0 saturated carbocycles. The van der Waals surface area contributed by atoms with Crippen molar-refractivity contribution in [3.05, 3.63) is 60.4 Å². The highest BCUT2D eigenvalue weighted by atomic mass is 32.2. The fraction of sp³-hybridized carbons (Fsp3) is 0.391. The second-order valence-electron chi connectivity index (χ2n) is 7.12. The summed E-state index contributed by atoms with van der Waals surface area (Å²) in [4.78, 5) is 0.271. The van der Waals surface area contributed by atoms with Gasteiger partial charge in [0.2, 0.25) is 10.0 Å². The molecule has 3 aromatic rings. The summed E-state index contributed by atoms with van der Waals surface area (Å²) in [5.74, 6) is 1.33. The first-order chi connectivity index (χ1) is 14.0. The molecule has 0 fully saturated rings. The Labute approximate surface area is 173 Å². The molecule has 3 rings (SSSR count). The highest BCUT2D eigenvalue weighted by Gasteiger charge is 2.25. The molecule has 0 amide bonds. The van der Waals surface area contributed by atoms with Gasteiger partial charge >= 0.3 is 0 Å². The monoisotopic (exact) mass is 415 g/mol. The fourth-order valence-electron chi connectivity index (χ4n) is 3.10. The molecule has 0 radical (unpaired) electrons. The number of hydrogen-bond acceptors (Lipinski definition) is 4. The Balaban J connectivity index is 1.80. The van der Waals surface area contributed by atoms with Crippen LogP contribution < -0.4 is 4.74 Å². The topological polar surface area (TPSA) is 59.8 Å². The second-order valence-corrected chi connectivity index (χ2v) is 9.05. The van der Waals surface area contributed by atoms with Gasteiger partial charge in [0, 0.05) is 11.9 Å². The molecule has 0 aliphatic heterocycles. The predicted molar refractivity (Wildman–Crippen MR) is 116 cm³/mol. The van der Waals surface area contributed by atoms with Crippen LogP contribution in [0.25, 0.3) is 11.0 Å². The van der Waals surface area contributed by atoms with Gasteiger partial charge in [-0.25, -0.2) is 8.42 Å². The molecular formula is C23H29NO4S. The molecule has 0 unspecified atom stereocenters. The number of rotatable bonds is 11. The molecule has 29 heavy (non-hydrogen) atoms. The van der Waals surface area contributed by atoms with E-state index in [0.29, 0.717) is 24.7 Å². The standard InChI is InChI=1S/C23H29NO4S/c1-3-5-15-24(18-21-17-19-9-7-8-10-23(19)28-21)29(25,26)22-13-11-20(12-14-22)27-16-6-4-2/h7-14,17H,3-6,15-16,18H2,1-2H3. The highest BCUT2D eigenvalue weighted by Crippen LogP contribution is 2.25. The SMILES string of the molecule is CCCCOc1ccc(S(=O)(=O)N(CCCC)Cc2cc3ccccc3o2)cc1. The Morgan fingerprint density at radius 3 is 2.38 bits per heavy atom. The second kappa shape index (κ2) is 9.94. The molecule has 0 spiro atoms. The summed E-state index contributed by atoms with van der Waals surface area (Å²) < 4.78 is 39.5. The molecule has 156 valence electrons. The van der Waals surface area contributed by atoms with Crippen molar-refractivity contribution in [3.8, 4) is 5.75 Å². The fourth-order valence-corrected chi connectivity index (χ4v) is 4.54. The van der Waals surface area contributed by atoms with E-state index in [4.69, 9.17) is 9.15 Å². The highest BCUT2D eigenvalue weighted by molar-refractivity contribution is 7.89. The molecule has 2 aromatic carbocycles. The Morgan fingerprint density at radius 2 is 1.69 bits per heavy atom. The number of benzene rings is 2. The number of unbranched alkanes of at least 4 members (excludes halogenated alkanes) is 2. The number of ether oxygens (including phenoxy) is 1. The van der Waals surface area contributed by atoms with Gasteiger partial charge < -0.3 is 9.15 Å². The molecule has 0 aliphatic rings. The molecule has 0 atom stereocenters. The van der Waals surface area contributed by atoms with Gasteiger partial charge in [-0.1, -0.05) is 44.9 Å². The maximum atomic E-state index is 13.3. The third-order valence-electron chi connectivity index (χ3n) is 4.80. The summed E-state index contributed by atoms with van der Waals surface area (Å²) in [6.07, 6.45) is 3.73. The van der Waals surface area contributed by atoms with Crippen molar-refractivity contribution in [1.29, 1.82) is 0 Å². The smallest absolute Gasteiger partial charge is 0.243 e. The maximum Gasteiger partial charge on any atom is 0.243 e. The number of fused-ring (bicyclic) bond motifs is 1. The van der Waals surface area contributed by atoms with Gasteiger partial charge in [0.15, 0.2) is 0 Å². The largest absolute Gasteiger partial charge is 0.494 e. The first kappa shape index (κ1) is 21.4. The number of furan rings is 1. The minimum absolute atomic E-state index is 0.214. The number of sulfonamides is 1. The lowest BCUT2D eigenvalue weighted by molar-refractivity contribution is 0.309. The molecule has 0 aliphatic carbocycles. The first-order valence-electron chi connectivity index (χ1n) is 10.2. The van der Waals surface area contributed by atoms with Crippen LogP contribution in [0.2, 0.25) is 0 Å². The summed E-state index contributed by atoms with van der Waals surface area (Å²) in [6.45, 7) is 5.45. The lowest BCUT2D eigenvalue weighted by Gasteiger charge is -2.21. The predicted octanol–water partition coefficient (Wildman–Crippen LogP) is 5.60. The van der Waals surface area contributed by atoms with Gasteiger partial charge in [-0.2, -0.15) is 4.31 Å². The van der Waals surface area contributed by atoms with Crippen LogP contribution in [-0.2, 0) is 16.6 Å². The van der Waals surface area contributed by atoms with Crippen LogP contribution in [0.15, 0.2) is 63.9 Å². The van der Waals surface area contributed by atoms with Crippen molar-refractivity contribution in [2.75, 3.05) is 13.2 Å². The van der Waals surface area contributed by atoms with Gasteiger partial charge in [-0.05, 0) is 49.2 Å². The summed E-state index contributed by atoms with van der Waals surface area (Å²) in [7, 11) is -3.63. The normalized spacial score (nSPS) is 12.0. The molecule has 5 nitrogen and oxygen atoms in total. The van der Waals surface area contributed by atoms with Crippen LogP contribution in [0.3, 0.4) is 0 Å². The minimum Gasteiger partial charge on any atom is -0.494 e. The summed E-state index contributed by atoms with van der Waals surface area (Å²) >= 11 is 0. The zero-order valence-corrected chi connectivity index (χ0v) is 18.0. The van der Waals surface area contributed by atoms with Crippen LogP contribution in [0.4, 0.5) is 0 Å². The van der Waals surface area contributed by atoms with Crippen molar-refractivity contribution in [2.45, 2.75) is 51.0 Å². The molecule has 0 N–H and O–H groups in total. The van der Waals surface area contributed by atoms with Gasteiger partial charge in [0.25, 0.3) is 0 Å². The lowest BCUT2D eigenvalue weighted by atomic mass is 10.2. The van der Waals surface area contributed by atoms with E-state index in [0.717, 1.165) is 36.7 Å². The third-order valence-corrected chi connectivity index (χ3v) is 6.66. The molecule has 1 aromatic heterocycles. The Bertz CT molecular complexity index is 976. The average molecular weight is 416 g/mol. The Kier molecular flexibility index (Phi) is 7.34. The summed E-state index contributed by atoms with van der Waals surface area (Å²) in [5.41, 5.74) is 0.768. The van der Waals surface area contributed by atoms with E-state index in [-0.39, 0.29) is 11.4 Å². The van der Waals surface area contributed by atoms with Crippen LogP contribution in [0.5, 0.6) is 5.75 Å². The van der Waals surface area contributed by atoms with E-state index in [1.807, 2.05) is 30.3 Å². The maximum absolute atomic E-state index is 13.3. The van der Waals surface area contributed by atoms with E-state index in [9.17, 15) is 8.42 Å². The van der Waals surface area contributed by atoms with Gasteiger partial charge in [0.1, 0.15) is 17.1 Å². The van der Waals surface area contributed by atoms with Crippen LogP contribution in [-0.4, -0.2) is 25.9 Å². The van der Waals surface area contributed by atoms with Crippen LogP contribution in [0.1, 0.15) is 45.3 Å². The van der Waals surface area contributed by atoms with Gasteiger partial charge in [0.05, 0.1) is 18.0 Å². The van der Waals surface area contributed by atoms with Crippen molar-refractivity contribution in [3.63, 3.8) is 0 Å². The molecule has 6 heteroatoms. The van der Waals surface area contributed by atoms with E-state index < -0.39 is 10.0 Å². The Hall–Kier alpha value is -2.31. The Morgan fingerprint density at radius 1 is 0.966 bits per heavy atom. The first-order valence-corrected chi connectivity index (χ1v) is 11.7. The molecular weight excluding hydrogens is 386 g/mol. The number of hydrogen-bond donors (Lipinski definition) is 0. The van der Waals surface area contributed by atoms with Crippen LogP contribution >= 0.6 is 0 Å². The van der Waals surface area contributed by atoms with E-state index in [2.05, 4.69) is 13.8 Å². The quantitative estimate of drug-likeness (QED) is 0.382. The van der Waals surface area contributed by atoms with Crippen molar-refractivity contribution >= 4 is 21.0 Å². The van der Waals surface area contributed by atoms with Gasteiger partial charge in [-0.15, -0.1) is 0 Å². The number of para-hydroxylation sites is 1. The average Bonchev–Trinajstić information content (AvgIpc) is 3.14. The van der Waals surface area contributed by atoms with Crippen molar-refractivity contribution < 1.29 is 17.6 Å². The third kappa shape index (κ3) is 5.40.